The lowest BCUT2D eigenvalue weighted by atomic mass is 10.2. The highest BCUT2D eigenvalue weighted by molar-refractivity contribution is 5.75. The van der Waals surface area contributed by atoms with Gasteiger partial charge in [-0.2, -0.15) is 0 Å². The number of hydrogen-bond acceptors (Lipinski definition) is 1. The molecule has 2 heteroatoms. The minimum atomic E-state index is 0.329. The smallest absolute Gasteiger partial charge is 0.135 e. The Labute approximate surface area is 88.7 Å². The van der Waals surface area contributed by atoms with Crippen LogP contribution in [0.1, 0.15) is 52.9 Å². The Bertz CT molecular complexity index is 137. The largest absolute Gasteiger partial charge is 0.335 e. The van der Waals surface area contributed by atoms with E-state index in [9.17, 15) is 4.79 Å². The molecule has 0 amide bonds. The van der Waals surface area contributed by atoms with E-state index in [1.165, 1.54) is 38.8 Å². The summed E-state index contributed by atoms with van der Waals surface area (Å²) in [5, 5.41) is 0. The van der Waals surface area contributed by atoms with Crippen LogP contribution < -0.4 is 4.90 Å². The summed E-state index contributed by atoms with van der Waals surface area (Å²) in [5.41, 5.74) is 0. The third-order valence-corrected chi connectivity index (χ3v) is 2.60. The Morgan fingerprint density at radius 1 is 1.00 bits per heavy atom. The van der Waals surface area contributed by atoms with Crippen molar-refractivity contribution < 1.29 is 9.69 Å². The molecular formula is C12H26NO+. The highest BCUT2D eigenvalue weighted by Crippen LogP contribution is 1.84. The van der Waals surface area contributed by atoms with E-state index >= 15 is 0 Å². The first-order chi connectivity index (χ1) is 6.70. The van der Waals surface area contributed by atoms with Crippen molar-refractivity contribution in [2.75, 3.05) is 19.6 Å². The van der Waals surface area contributed by atoms with Crippen molar-refractivity contribution in [2.24, 2.45) is 0 Å². The van der Waals surface area contributed by atoms with Crippen LogP contribution in [0.2, 0.25) is 0 Å². The first-order valence-electron chi connectivity index (χ1n) is 6.03. The average Bonchev–Trinajstić information content (AvgIpc) is 2.16. The summed E-state index contributed by atoms with van der Waals surface area (Å²) in [6.07, 6.45) is 5.85. The van der Waals surface area contributed by atoms with Crippen molar-refractivity contribution in [1.82, 2.24) is 0 Å². The average molecular weight is 200 g/mol. The second kappa shape index (κ2) is 9.20. The molecule has 0 aliphatic rings. The summed E-state index contributed by atoms with van der Waals surface area (Å²) in [5.74, 6) is 0.329. The number of quaternary nitrogens is 1. The van der Waals surface area contributed by atoms with E-state index in [1.807, 2.05) is 0 Å². The van der Waals surface area contributed by atoms with Crippen molar-refractivity contribution in [2.45, 2.75) is 52.9 Å². The molecule has 14 heavy (non-hydrogen) atoms. The number of rotatable bonds is 9. The summed E-state index contributed by atoms with van der Waals surface area (Å²) >= 11 is 0. The fourth-order valence-corrected chi connectivity index (χ4v) is 1.58. The van der Waals surface area contributed by atoms with Crippen LogP contribution >= 0.6 is 0 Å². The monoisotopic (exact) mass is 200 g/mol. The SMILES string of the molecule is CCCC[NH+](CCCC)CCC(C)=O. The predicted octanol–water partition coefficient (Wildman–Crippen LogP) is 1.45. The molecule has 0 radical (unpaired) electrons. The quantitative estimate of drug-likeness (QED) is 0.598. The molecule has 1 N–H and O–H groups in total. The highest BCUT2D eigenvalue weighted by atomic mass is 16.1. The van der Waals surface area contributed by atoms with Crippen LogP contribution in [0.15, 0.2) is 0 Å². The second-order valence-electron chi connectivity index (χ2n) is 4.16. The summed E-state index contributed by atoms with van der Waals surface area (Å²) in [6, 6.07) is 0. The normalized spacial score (nSPS) is 10.9. The van der Waals surface area contributed by atoms with Gasteiger partial charge >= 0.3 is 0 Å². The molecular weight excluding hydrogens is 174 g/mol. The van der Waals surface area contributed by atoms with Crippen molar-refractivity contribution in [3.63, 3.8) is 0 Å². The number of ketones is 1. The zero-order chi connectivity index (χ0) is 10.8. The molecule has 0 atom stereocenters. The van der Waals surface area contributed by atoms with Gasteiger partial charge in [0.05, 0.1) is 26.1 Å². The first-order valence-corrected chi connectivity index (χ1v) is 6.03. The van der Waals surface area contributed by atoms with Crippen molar-refractivity contribution in [3.8, 4) is 0 Å². The van der Waals surface area contributed by atoms with E-state index in [2.05, 4.69) is 13.8 Å². The summed E-state index contributed by atoms with van der Waals surface area (Å²) in [6.45, 7) is 9.66. The fourth-order valence-electron chi connectivity index (χ4n) is 1.58. The van der Waals surface area contributed by atoms with Gasteiger partial charge in [-0.05, 0) is 19.8 Å². The van der Waals surface area contributed by atoms with Crippen molar-refractivity contribution in [1.29, 1.82) is 0 Å². The Kier molecular flexibility index (Phi) is 8.95. The van der Waals surface area contributed by atoms with E-state index in [0.29, 0.717) is 5.78 Å². The molecule has 0 unspecified atom stereocenters. The van der Waals surface area contributed by atoms with Gasteiger partial charge in [0.1, 0.15) is 5.78 Å². The highest BCUT2D eigenvalue weighted by Gasteiger charge is 2.07. The number of carbonyl (C=O) groups excluding carboxylic acids is 1. The summed E-state index contributed by atoms with van der Waals surface area (Å²) in [4.78, 5) is 12.5. The first kappa shape index (κ1) is 13.6. The van der Waals surface area contributed by atoms with E-state index in [4.69, 9.17) is 0 Å². The van der Waals surface area contributed by atoms with Gasteiger partial charge in [0.2, 0.25) is 0 Å². The van der Waals surface area contributed by atoms with Crippen molar-refractivity contribution in [3.05, 3.63) is 0 Å². The molecule has 0 fully saturated rings. The lowest BCUT2D eigenvalue weighted by Crippen LogP contribution is -3.12. The molecule has 2 nitrogen and oxygen atoms in total. The van der Waals surface area contributed by atoms with Crippen LogP contribution in [-0.4, -0.2) is 25.4 Å². The van der Waals surface area contributed by atoms with Crippen LogP contribution in [0.3, 0.4) is 0 Å². The van der Waals surface area contributed by atoms with Gasteiger partial charge in [-0.3, -0.25) is 4.79 Å². The van der Waals surface area contributed by atoms with E-state index in [0.717, 1.165) is 13.0 Å². The van der Waals surface area contributed by atoms with Gasteiger partial charge in [-0.15, -0.1) is 0 Å². The topological polar surface area (TPSA) is 21.5 Å². The number of Topliss-reactive ketones (excluding diaryl/α,β-unsaturated/α-hetero) is 1. The van der Waals surface area contributed by atoms with Gasteiger partial charge < -0.3 is 4.90 Å². The Hall–Kier alpha value is -0.370. The number of unbranched alkanes of at least 4 members (excludes halogenated alkanes) is 2. The third-order valence-electron chi connectivity index (χ3n) is 2.60. The standard InChI is InChI=1S/C12H25NO/c1-4-6-9-13(10-7-5-2)11-8-12(3)14/h4-11H2,1-3H3/p+1. The summed E-state index contributed by atoms with van der Waals surface area (Å²) < 4.78 is 0. The lowest BCUT2D eigenvalue weighted by molar-refractivity contribution is -0.900. The Balaban J connectivity index is 3.65. The molecule has 0 heterocycles. The Morgan fingerprint density at radius 2 is 1.50 bits per heavy atom. The zero-order valence-electron chi connectivity index (χ0n) is 10.1. The van der Waals surface area contributed by atoms with Gasteiger partial charge in [0.15, 0.2) is 0 Å². The third kappa shape index (κ3) is 8.24. The van der Waals surface area contributed by atoms with Gasteiger partial charge in [0.25, 0.3) is 0 Å². The second-order valence-corrected chi connectivity index (χ2v) is 4.16. The van der Waals surface area contributed by atoms with Gasteiger partial charge in [-0.1, -0.05) is 26.7 Å². The molecule has 0 aromatic rings. The minimum Gasteiger partial charge on any atom is -0.335 e. The molecule has 0 aliphatic carbocycles. The number of nitrogens with one attached hydrogen (secondary N) is 1. The number of hydrogen-bond donors (Lipinski definition) is 1. The lowest BCUT2D eigenvalue weighted by Gasteiger charge is -2.18. The minimum absolute atomic E-state index is 0.329. The molecule has 0 aliphatic heterocycles. The molecule has 0 bridgehead atoms. The number of carbonyl (C=O) groups is 1. The molecule has 0 saturated heterocycles. The van der Waals surface area contributed by atoms with Crippen LogP contribution in [0, 0.1) is 0 Å². The van der Waals surface area contributed by atoms with Gasteiger partial charge in [-0.25, -0.2) is 0 Å². The Morgan fingerprint density at radius 3 is 1.86 bits per heavy atom. The molecule has 0 rings (SSSR count). The summed E-state index contributed by atoms with van der Waals surface area (Å²) in [7, 11) is 0. The van der Waals surface area contributed by atoms with E-state index in [1.54, 1.807) is 11.8 Å². The maximum atomic E-state index is 10.9. The predicted molar refractivity (Wildman–Crippen MR) is 60.7 cm³/mol. The van der Waals surface area contributed by atoms with Crippen LogP contribution in [0.5, 0.6) is 0 Å². The maximum absolute atomic E-state index is 10.9. The van der Waals surface area contributed by atoms with Crippen LogP contribution in [0.25, 0.3) is 0 Å². The molecule has 0 aromatic heterocycles. The molecule has 0 spiro atoms. The van der Waals surface area contributed by atoms with Crippen LogP contribution in [-0.2, 0) is 4.79 Å². The zero-order valence-corrected chi connectivity index (χ0v) is 10.1. The maximum Gasteiger partial charge on any atom is 0.135 e. The molecule has 84 valence electrons. The molecule has 0 aromatic carbocycles. The fraction of sp³-hybridized carbons (Fsp3) is 0.917. The van der Waals surface area contributed by atoms with Crippen LogP contribution in [0.4, 0.5) is 0 Å². The molecule has 0 saturated carbocycles. The van der Waals surface area contributed by atoms with E-state index in [-0.39, 0.29) is 0 Å². The van der Waals surface area contributed by atoms with Gasteiger partial charge in [0, 0.05) is 0 Å². The van der Waals surface area contributed by atoms with E-state index < -0.39 is 0 Å². The van der Waals surface area contributed by atoms with Crippen molar-refractivity contribution >= 4 is 5.78 Å².